The molecular weight excluding hydrogens is 404 g/mol. The second-order valence-corrected chi connectivity index (χ2v) is 7.98. The average Bonchev–Trinajstić information content (AvgIpc) is 2.58. The Kier molecular flexibility index (Phi) is 10.2. The SMILES string of the molecule is CC(C)(C)OC(=O)N[C@@H](CCCCNC(=O)OCc1ccccc1Cl)C(=O)S. The number of hydrogen-bond donors (Lipinski definition) is 3. The van der Waals surface area contributed by atoms with Crippen LogP contribution in [-0.2, 0) is 20.9 Å². The summed E-state index contributed by atoms with van der Waals surface area (Å²) in [5, 5.41) is 5.22. The van der Waals surface area contributed by atoms with E-state index in [0.717, 1.165) is 5.56 Å². The van der Waals surface area contributed by atoms with Crippen molar-refractivity contribution in [2.75, 3.05) is 6.54 Å². The Balaban J connectivity index is 2.24. The van der Waals surface area contributed by atoms with E-state index < -0.39 is 28.9 Å². The minimum atomic E-state index is -0.745. The van der Waals surface area contributed by atoms with Crippen molar-refractivity contribution in [1.29, 1.82) is 0 Å². The van der Waals surface area contributed by atoms with Crippen LogP contribution in [0.3, 0.4) is 0 Å². The van der Waals surface area contributed by atoms with Crippen LogP contribution in [0.2, 0.25) is 5.02 Å². The predicted octanol–water partition coefficient (Wildman–Crippen LogP) is 4.09. The third-order valence-electron chi connectivity index (χ3n) is 3.49. The van der Waals surface area contributed by atoms with Gasteiger partial charge in [-0.3, -0.25) is 4.79 Å². The molecule has 2 N–H and O–H groups in total. The molecule has 0 radical (unpaired) electrons. The van der Waals surface area contributed by atoms with Crippen molar-refractivity contribution in [2.24, 2.45) is 0 Å². The first-order valence-corrected chi connectivity index (χ1v) is 9.77. The lowest BCUT2D eigenvalue weighted by molar-refractivity contribution is -0.112. The number of amides is 2. The van der Waals surface area contributed by atoms with E-state index in [1.807, 2.05) is 6.07 Å². The molecule has 0 aliphatic heterocycles. The Morgan fingerprint density at radius 2 is 1.82 bits per heavy atom. The summed E-state index contributed by atoms with van der Waals surface area (Å²) >= 11 is 9.79. The Hall–Kier alpha value is -1.93. The maximum atomic E-state index is 11.8. The van der Waals surface area contributed by atoms with Crippen LogP contribution in [0.5, 0.6) is 0 Å². The quantitative estimate of drug-likeness (QED) is 0.405. The first-order valence-electron chi connectivity index (χ1n) is 8.95. The van der Waals surface area contributed by atoms with Crippen LogP contribution in [0, 0.1) is 0 Å². The molecule has 1 atom stereocenters. The van der Waals surface area contributed by atoms with E-state index in [-0.39, 0.29) is 6.61 Å². The van der Waals surface area contributed by atoms with Crippen LogP contribution in [0.4, 0.5) is 9.59 Å². The Bertz CT molecular complexity index is 679. The van der Waals surface area contributed by atoms with Crippen molar-refractivity contribution in [3.63, 3.8) is 0 Å². The smallest absolute Gasteiger partial charge is 0.408 e. The molecule has 1 rings (SSSR count). The summed E-state index contributed by atoms with van der Waals surface area (Å²) in [6.07, 6.45) is 0.374. The van der Waals surface area contributed by atoms with E-state index in [1.165, 1.54) is 0 Å². The number of rotatable bonds is 9. The molecule has 0 saturated carbocycles. The molecular formula is C19H27ClN2O5S. The van der Waals surface area contributed by atoms with Crippen LogP contribution in [0.1, 0.15) is 45.6 Å². The number of carbonyl (C=O) groups is 3. The number of alkyl carbamates (subject to hydrolysis) is 2. The van der Waals surface area contributed by atoms with Crippen molar-refractivity contribution in [1.82, 2.24) is 10.6 Å². The van der Waals surface area contributed by atoms with Gasteiger partial charge in [0.25, 0.3) is 0 Å². The topological polar surface area (TPSA) is 93.7 Å². The van der Waals surface area contributed by atoms with E-state index in [4.69, 9.17) is 21.1 Å². The molecule has 28 heavy (non-hydrogen) atoms. The van der Waals surface area contributed by atoms with E-state index >= 15 is 0 Å². The molecule has 0 fully saturated rings. The standard InChI is InChI=1S/C19H27ClN2O5S/c1-19(2,3)27-18(25)22-15(16(23)28)10-6-7-11-21-17(24)26-12-13-8-4-5-9-14(13)20/h4-5,8-9,15H,6-7,10-12H2,1-3H3,(H,21,24)(H,22,25)(H,23,28)/t15-/m0/s1. The molecule has 0 aromatic heterocycles. The number of carbonyl (C=O) groups excluding carboxylic acids is 3. The predicted molar refractivity (Wildman–Crippen MR) is 111 cm³/mol. The summed E-state index contributed by atoms with van der Waals surface area (Å²) in [5.74, 6) is 0. The molecule has 0 spiro atoms. The lowest BCUT2D eigenvalue weighted by Crippen LogP contribution is -2.42. The number of thiol groups is 1. The van der Waals surface area contributed by atoms with Gasteiger partial charge >= 0.3 is 12.2 Å². The van der Waals surface area contributed by atoms with Gasteiger partial charge in [-0.1, -0.05) is 29.8 Å². The number of benzene rings is 1. The first-order chi connectivity index (χ1) is 13.1. The maximum Gasteiger partial charge on any atom is 0.408 e. The molecule has 2 amide bonds. The maximum absolute atomic E-state index is 11.8. The van der Waals surface area contributed by atoms with Crippen molar-refractivity contribution in [3.8, 4) is 0 Å². The largest absolute Gasteiger partial charge is 0.445 e. The summed E-state index contributed by atoms with van der Waals surface area (Å²) in [6, 6.07) is 6.37. The zero-order chi connectivity index (χ0) is 21.2. The summed E-state index contributed by atoms with van der Waals surface area (Å²) in [6.45, 7) is 5.67. The summed E-state index contributed by atoms with van der Waals surface area (Å²) in [5.41, 5.74) is 0.0744. The zero-order valence-corrected chi connectivity index (χ0v) is 17.9. The highest BCUT2D eigenvalue weighted by molar-refractivity contribution is 7.96. The van der Waals surface area contributed by atoms with Gasteiger partial charge in [-0.2, -0.15) is 0 Å². The minimum absolute atomic E-state index is 0.0849. The second kappa shape index (κ2) is 11.8. The minimum Gasteiger partial charge on any atom is -0.445 e. The lowest BCUT2D eigenvalue weighted by Gasteiger charge is -2.22. The average molecular weight is 431 g/mol. The van der Waals surface area contributed by atoms with Crippen molar-refractivity contribution in [2.45, 2.75) is 58.3 Å². The van der Waals surface area contributed by atoms with Crippen LogP contribution in [0.15, 0.2) is 24.3 Å². The summed E-state index contributed by atoms with van der Waals surface area (Å²) in [4.78, 5) is 35.0. The van der Waals surface area contributed by atoms with Gasteiger partial charge < -0.3 is 20.1 Å². The number of hydrogen-bond acceptors (Lipinski definition) is 5. The third kappa shape index (κ3) is 10.4. The molecule has 156 valence electrons. The van der Waals surface area contributed by atoms with Gasteiger partial charge in [-0.25, -0.2) is 9.59 Å². The highest BCUT2D eigenvalue weighted by Crippen LogP contribution is 2.15. The fourth-order valence-electron chi connectivity index (χ4n) is 2.18. The molecule has 7 nitrogen and oxygen atoms in total. The van der Waals surface area contributed by atoms with Gasteiger partial charge in [-0.05, 0) is 46.1 Å². The molecule has 0 saturated heterocycles. The highest BCUT2D eigenvalue weighted by Gasteiger charge is 2.22. The molecule has 0 unspecified atom stereocenters. The first kappa shape index (κ1) is 24.1. The molecule has 0 aliphatic rings. The lowest BCUT2D eigenvalue weighted by atomic mass is 10.1. The fourth-order valence-corrected chi connectivity index (χ4v) is 2.56. The van der Waals surface area contributed by atoms with Crippen LogP contribution in [0.25, 0.3) is 0 Å². The van der Waals surface area contributed by atoms with Gasteiger partial charge in [0.1, 0.15) is 18.2 Å². The third-order valence-corrected chi connectivity index (χ3v) is 4.17. The van der Waals surface area contributed by atoms with Gasteiger partial charge in [0, 0.05) is 17.1 Å². The van der Waals surface area contributed by atoms with Crippen LogP contribution in [-0.4, -0.2) is 35.5 Å². The number of nitrogens with one attached hydrogen (secondary N) is 2. The molecule has 1 aromatic rings. The molecule has 1 aromatic carbocycles. The monoisotopic (exact) mass is 430 g/mol. The number of ether oxygens (including phenoxy) is 2. The fraction of sp³-hybridized carbons (Fsp3) is 0.526. The number of unbranched alkanes of at least 4 members (excludes halogenated alkanes) is 1. The second-order valence-electron chi connectivity index (χ2n) is 7.13. The highest BCUT2D eigenvalue weighted by atomic mass is 35.5. The normalized spacial score (nSPS) is 12.0. The molecule has 0 bridgehead atoms. The van der Waals surface area contributed by atoms with Gasteiger partial charge in [-0.15, -0.1) is 12.6 Å². The Labute approximate surface area is 175 Å². The van der Waals surface area contributed by atoms with Gasteiger partial charge in [0.15, 0.2) is 0 Å². The van der Waals surface area contributed by atoms with Crippen LogP contribution < -0.4 is 10.6 Å². The molecule has 0 aliphatic carbocycles. The molecule has 0 heterocycles. The zero-order valence-electron chi connectivity index (χ0n) is 16.3. The Morgan fingerprint density at radius 1 is 1.14 bits per heavy atom. The van der Waals surface area contributed by atoms with Gasteiger partial charge in [0.2, 0.25) is 5.12 Å². The summed E-state index contributed by atoms with van der Waals surface area (Å²) in [7, 11) is 0. The van der Waals surface area contributed by atoms with Crippen molar-refractivity contribution >= 4 is 41.5 Å². The Morgan fingerprint density at radius 3 is 2.43 bits per heavy atom. The summed E-state index contributed by atoms with van der Waals surface area (Å²) < 4.78 is 10.2. The molecule has 9 heteroatoms. The van der Waals surface area contributed by atoms with E-state index in [1.54, 1.807) is 39.0 Å². The van der Waals surface area contributed by atoms with E-state index in [0.29, 0.717) is 30.8 Å². The van der Waals surface area contributed by atoms with Gasteiger partial charge in [0.05, 0.1) is 0 Å². The van der Waals surface area contributed by atoms with E-state index in [9.17, 15) is 14.4 Å². The van der Waals surface area contributed by atoms with Crippen molar-refractivity contribution < 1.29 is 23.9 Å². The van der Waals surface area contributed by atoms with Crippen molar-refractivity contribution in [3.05, 3.63) is 34.9 Å². The van der Waals surface area contributed by atoms with E-state index in [2.05, 4.69) is 23.3 Å². The van der Waals surface area contributed by atoms with Crippen LogP contribution >= 0.6 is 24.2 Å². The number of halogens is 1.